The van der Waals surface area contributed by atoms with Crippen molar-refractivity contribution in [2.45, 2.75) is 13.3 Å². The van der Waals surface area contributed by atoms with Crippen molar-refractivity contribution in [3.8, 4) is 11.1 Å². The lowest BCUT2D eigenvalue weighted by Crippen LogP contribution is -2.05. The lowest BCUT2D eigenvalue weighted by atomic mass is 10.0. The zero-order chi connectivity index (χ0) is 15.3. The van der Waals surface area contributed by atoms with Crippen LogP contribution >= 0.6 is 0 Å². The van der Waals surface area contributed by atoms with Gasteiger partial charge in [-0.25, -0.2) is 17.6 Å². The number of anilines is 1. The zero-order valence-electron chi connectivity index (χ0n) is 10.9. The minimum atomic E-state index is -1.81. The lowest BCUT2D eigenvalue weighted by Gasteiger charge is -2.07. The molecule has 1 N–H and O–H groups in total. The molecule has 21 heavy (non-hydrogen) atoms. The van der Waals surface area contributed by atoms with Crippen molar-refractivity contribution in [1.29, 1.82) is 0 Å². The molecule has 0 radical (unpaired) electrons. The first-order valence-corrected chi connectivity index (χ1v) is 6.16. The fourth-order valence-electron chi connectivity index (χ4n) is 2.58. The van der Waals surface area contributed by atoms with Crippen LogP contribution in [0.2, 0.25) is 0 Å². The number of carbonyl (C=O) groups excluding carboxylic acids is 1. The minimum absolute atomic E-state index is 0.0575. The van der Waals surface area contributed by atoms with Gasteiger partial charge in [0, 0.05) is 30.2 Å². The van der Waals surface area contributed by atoms with E-state index in [1.165, 1.54) is 25.1 Å². The first kappa shape index (κ1) is 13.6. The first-order chi connectivity index (χ1) is 9.90. The third-order valence-corrected chi connectivity index (χ3v) is 3.43. The van der Waals surface area contributed by atoms with Crippen LogP contribution in [-0.4, -0.2) is 5.91 Å². The largest absolute Gasteiger partial charge is 0.326 e. The maximum atomic E-state index is 13.9. The molecule has 0 fully saturated rings. The summed E-state index contributed by atoms with van der Waals surface area (Å²) in [6.07, 6.45) is -0.0575. The van der Waals surface area contributed by atoms with Crippen LogP contribution in [0, 0.1) is 23.3 Å². The molecule has 1 aliphatic carbocycles. The van der Waals surface area contributed by atoms with Crippen LogP contribution in [0.4, 0.5) is 23.2 Å². The summed E-state index contributed by atoms with van der Waals surface area (Å²) in [5.74, 6) is -6.68. The van der Waals surface area contributed by atoms with Gasteiger partial charge in [-0.15, -0.1) is 0 Å². The highest BCUT2D eigenvalue weighted by Crippen LogP contribution is 2.42. The molecule has 0 spiro atoms. The third kappa shape index (κ3) is 1.98. The number of carbonyl (C=O) groups is 1. The molecule has 2 aromatic rings. The molecule has 0 atom stereocenters. The highest BCUT2D eigenvalue weighted by Gasteiger charge is 2.31. The zero-order valence-corrected chi connectivity index (χ0v) is 10.9. The number of halogens is 4. The molecule has 3 rings (SSSR count). The van der Waals surface area contributed by atoms with Gasteiger partial charge in [-0.2, -0.15) is 0 Å². The van der Waals surface area contributed by atoms with E-state index in [4.69, 9.17) is 0 Å². The summed E-state index contributed by atoms with van der Waals surface area (Å²) in [6, 6.07) is 4.48. The molecule has 0 saturated carbocycles. The van der Waals surface area contributed by atoms with Gasteiger partial charge in [-0.3, -0.25) is 4.79 Å². The number of fused-ring (bicyclic) bond motifs is 3. The maximum absolute atomic E-state index is 13.9. The van der Waals surface area contributed by atoms with E-state index in [2.05, 4.69) is 5.32 Å². The van der Waals surface area contributed by atoms with Gasteiger partial charge >= 0.3 is 0 Å². The molecule has 0 saturated heterocycles. The van der Waals surface area contributed by atoms with Gasteiger partial charge in [0.2, 0.25) is 5.91 Å². The minimum Gasteiger partial charge on any atom is -0.326 e. The van der Waals surface area contributed by atoms with E-state index >= 15 is 0 Å². The van der Waals surface area contributed by atoms with Crippen LogP contribution in [-0.2, 0) is 11.2 Å². The second-order valence-corrected chi connectivity index (χ2v) is 4.84. The van der Waals surface area contributed by atoms with Crippen LogP contribution in [0.5, 0.6) is 0 Å². The summed E-state index contributed by atoms with van der Waals surface area (Å²) >= 11 is 0. The van der Waals surface area contributed by atoms with Gasteiger partial charge in [-0.05, 0) is 23.3 Å². The topological polar surface area (TPSA) is 29.1 Å². The summed E-state index contributed by atoms with van der Waals surface area (Å²) < 4.78 is 54.3. The fraction of sp³-hybridized carbons (Fsp3) is 0.133. The van der Waals surface area contributed by atoms with Gasteiger partial charge in [-0.1, -0.05) is 6.07 Å². The fourth-order valence-corrected chi connectivity index (χ4v) is 2.58. The standard InChI is InChI=1S/C15H9F4NO/c1-6(21)20-8-2-3-9-7(4-8)5-10-11(9)13(17)15(19)14(18)12(10)16/h2-4H,5H2,1H3,(H,20,21). The molecule has 0 unspecified atom stereocenters. The van der Waals surface area contributed by atoms with Gasteiger partial charge in [0.05, 0.1) is 0 Å². The van der Waals surface area contributed by atoms with E-state index in [-0.39, 0.29) is 23.5 Å². The second-order valence-electron chi connectivity index (χ2n) is 4.84. The normalized spacial score (nSPS) is 12.0. The van der Waals surface area contributed by atoms with Crippen LogP contribution in [0.1, 0.15) is 18.1 Å². The molecule has 2 nitrogen and oxygen atoms in total. The predicted octanol–water partition coefficient (Wildman–Crippen LogP) is 3.77. The van der Waals surface area contributed by atoms with E-state index in [1.54, 1.807) is 0 Å². The Hall–Kier alpha value is -2.37. The summed E-state index contributed by atoms with van der Waals surface area (Å²) in [5.41, 5.74) is 0.793. The average Bonchev–Trinajstić information content (AvgIpc) is 2.80. The SMILES string of the molecule is CC(=O)Nc1ccc2c(c1)Cc1c(F)c(F)c(F)c(F)c1-2. The molecular formula is C15H9F4NO. The highest BCUT2D eigenvalue weighted by atomic mass is 19.2. The van der Waals surface area contributed by atoms with Gasteiger partial charge in [0.25, 0.3) is 0 Å². The maximum Gasteiger partial charge on any atom is 0.221 e. The van der Waals surface area contributed by atoms with Crippen molar-refractivity contribution in [2.24, 2.45) is 0 Å². The number of nitrogens with one attached hydrogen (secondary N) is 1. The van der Waals surface area contributed by atoms with Crippen LogP contribution in [0.3, 0.4) is 0 Å². The van der Waals surface area contributed by atoms with Crippen molar-refractivity contribution in [3.63, 3.8) is 0 Å². The number of hydrogen-bond acceptors (Lipinski definition) is 1. The summed E-state index contributed by atoms with van der Waals surface area (Å²) in [7, 11) is 0. The smallest absolute Gasteiger partial charge is 0.221 e. The van der Waals surface area contributed by atoms with Gasteiger partial charge in [0.1, 0.15) is 0 Å². The lowest BCUT2D eigenvalue weighted by molar-refractivity contribution is -0.114. The van der Waals surface area contributed by atoms with E-state index in [9.17, 15) is 22.4 Å². The molecule has 1 amide bonds. The Morgan fingerprint density at radius 1 is 1.05 bits per heavy atom. The Labute approximate surface area is 117 Å². The molecule has 1 aliphatic rings. The molecule has 2 aromatic carbocycles. The van der Waals surface area contributed by atoms with Crippen molar-refractivity contribution < 1.29 is 22.4 Å². The predicted molar refractivity (Wildman–Crippen MR) is 68.8 cm³/mol. The summed E-state index contributed by atoms with van der Waals surface area (Å²) in [4.78, 5) is 11.0. The van der Waals surface area contributed by atoms with Gasteiger partial charge in [0.15, 0.2) is 23.3 Å². The van der Waals surface area contributed by atoms with Crippen molar-refractivity contribution in [1.82, 2.24) is 0 Å². The molecule has 108 valence electrons. The van der Waals surface area contributed by atoms with E-state index in [0.29, 0.717) is 16.8 Å². The highest BCUT2D eigenvalue weighted by molar-refractivity contribution is 5.90. The average molecular weight is 295 g/mol. The van der Waals surface area contributed by atoms with Crippen LogP contribution in [0.15, 0.2) is 18.2 Å². The Bertz CT molecular complexity index is 786. The van der Waals surface area contributed by atoms with Gasteiger partial charge < -0.3 is 5.32 Å². The van der Waals surface area contributed by atoms with Crippen LogP contribution < -0.4 is 5.32 Å². The monoisotopic (exact) mass is 295 g/mol. The van der Waals surface area contributed by atoms with E-state index in [0.717, 1.165) is 0 Å². The Balaban J connectivity index is 2.18. The number of benzene rings is 2. The molecule has 0 aliphatic heterocycles. The number of amides is 1. The van der Waals surface area contributed by atoms with Crippen molar-refractivity contribution in [3.05, 3.63) is 52.6 Å². The number of rotatable bonds is 1. The Morgan fingerprint density at radius 2 is 1.71 bits per heavy atom. The van der Waals surface area contributed by atoms with E-state index in [1.807, 2.05) is 0 Å². The molecule has 0 aromatic heterocycles. The molecule has 0 bridgehead atoms. The summed E-state index contributed by atoms with van der Waals surface area (Å²) in [5, 5.41) is 2.54. The Morgan fingerprint density at radius 3 is 2.38 bits per heavy atom. The molecule has 0 heterocycles. The summed E-state index contributed by atoms with van der Waals surface area (Å²) in [6.45, 7) is 1.33. The van der Waals surface area contributed by atoms with E-state index < -0.39 is 23.3 Å². The second kappa shape index (κ2) is 4.58. The Kier molecular flexibility index (Phi) is 2.97. The molecular weight excluding hydrogens is 286 g/mol. The van der Waals surface area contributed by atoms with Crippen LogP contribution in [0.25, 0.3) is 11.1 Å². The van der Waals surface area contributed by atoms with Crippen molar-refractivity contribution in [2.75, 3.05) is 5.32 Å². The third-order valence-electron chi connectivity index (χ3n) is 3.43. The molecule has 6 heteroatoms. The first-order valence-electron chi connectivity index (χ1n) is 6.16. The quantitative estimate of drug-likeness (QED) is 0.413. The van der Waals surface area contributed by atoms with Crippen molar-refractivity contribution >= 4 is 11.6 Å². The number of hydrogen-bond donors (Lipinski definition) is 1.